The lowest BCUT2D eigenvalue weighted by molar-refractivity contribution is -0.117. The Kier molecular flexibility index (Phi) is 4.04. The number of anilines is 1. The highest BCUT2D eigenvalue weighted by molar-refractivity contribution is 5.94. The molecule has 1 heterocycles. The van der Waals surface area contributed by atoms with E-state index in [0.29, 0.717) is 36.8 Å². The van der Waals surface area contributed by atoms with E-state index in [-0.39, 0.29) is 5.91 Å². The lowest BCUT2D eigenvalue weighted by Crippen LogP contribution is -2.35. The van der Waals surface area contributed by atoms with E-state index in [1.165, 1.54) is 0 Å². The van der Waals surface area contributed by atoms with Crippen LogP contribution in [0.1, 0.15) is 19.8 Å². The Hall–Kier alpha value is -1.75. The average molecular weight is 250 g/mol. The van der Waals surface area contributed by atoms with Gasteiger partial charge in [-0.1, -0.05) is 13.3 Å². The van der Waals surface area contributed by atoms with Crippen LogP contribution in [0.4, 0.5) is 5.69 Å². The summed E-state index contributed by atoms with van der Waals surface area (Å²) < 4.78 is 10.9. The molecule has 98 valence electrons. The van der Waals surface area contributed by atoms with Crippen molar-refractivity contribution in [1.82, 2.24) is 0 Å². The fourth-order valence-electron chi connectivity index (χ4n) is 1.80. The van der Waals surface area contributed by atoms with E-state index in [1.54, 1.807) is 18.2 Å². The fourth-order valence-corrected chi connectivity index (χ4v) is 1.80. The summed E-state index contributed by atoms with van der Waals surface area (Å²) in [7, 11) is 0. The second kappa shape index (κ2) is 5.73. The second-order valence-corrected chi connectivity index (χ2v) is 4.24. The first-order chi connectivity index (χ1) is 8.70. The molecule has 5 nitrogen and oxygen atoms in total. The normalized spacial score (nSPS) is 15.0. The SMILES string of the molecule is CCCC(N)C(=O)Nc1ccc2c(c1)OCCO2. The third-order valence-electron chi connectivity index (χ3n) is 2.75. The first-order valence-corrected chi connectivity index (χ1v) is 6.17. The predicted octanol–water partition coefficient (Wildman–Crippen LogP) is 1.52. The van der Waals surface area contributed by atoms with Crippen LogP contribution in [0.3, 0.4) is 0 Å². The van der Waals surface area contributed by atoms with Gasteiger partial charge in [0.1, 0.15) is 13.2 Å². The molecular weight excluding hydrogens is 232 g/mol. The molecule has 18 heavy (non-hydrogen) atoms. The van der Waals surface area contributed by atoms with Crippen LogP contribution in [0.5, 0.6) is 11.5 Å². The van der Waals surface area contributed by atoms with Gasteiger partial charge < -0.3 is 20.5 Å². The standard InChI is InChI=1S/C13H18N2O3/c1-2-3-10(14)13(16)15-9-4-5-11-12(8-9)18-7-6-17-11/h4-5,8,10H,2-3,6-7,14H2,1H3,(H,15,16). The minimum absolute atomic E-state index is 0.173. The van der Waals surface area contributed by atoms with E-state index < -0.39 is 6.04 Å². The van der Waals surface area contributed by atoms with Gasteiger partial charge in [0.25, 0.3) is 0 Å². The number of carbonyl (C=O) groups is 1. The number of benzene rings is 1. The van der Waals surface area contributed by atoms with Crippen molar-refractivity contribution in [3.63, 3.8) is 0 Å². The van der Waals surface area contributed by atoms with Crippen molar-refractivity contribution < 1.29 is 14.3 Å². The Morgan fingerprint density at radius 1 is 1.39 bits per heavy atom. The molecule has 1 atom stereocenters. The van der Waals surface area contributed by atoms with E-state index in [0.717, 1.165) is 6.42 Å². The highest BCUT2D eigenvalue weighted by Crippen LogP contribution is 2.32. The quantitative estimate of drug-likeness (QED) is 0.849. The molecule has 1 aromatic rings. The van der Waals surface area contributed by atoms with Gasteiger partial charge in [0.2, 0.25) is 5.91 Å². The number of rotatable bonds is 4. The summed E-state index contributed by atoms with van der Waals surface area (Å²) in [4.78, 5) is 11.8. The summed E-state index contributed by atoms with van der Waals surface area (Å²) in [6.07, 6.45) is 1.56. The molecule has 0 saturated carbocycles. The molecule has 0 radical (unpaired) electrons. The second-order valence-electron chi connectivity index (χ2n) is 4.24. The highest BCUT2D eigenvalue weighted by atomic mass is 16.6. The van der Waals surface area contributed by atoms with Crippen LogP contribution in [0.2, 0.25) is 0 Å². The number of nitrogens with two attached hydrogens (primary N) is 1. The van der Waals surface area contributed by atoms with Gasteiger partial charge in [0.15, 0.2) is 11.5 Å². The summed E-state index contributed by atoms with van der Waals surface area (Å²) in [6, 6.07) is 4.85. The zero-order chi connectivity index (χ0) is 13.0. The lowest BCUT2D eigenvalue weighted by Gasteiger charge is -2.19. The number of fused-ring (bicyclic) bond motifs is 1. The van der Waals surface area contributed by atoms with Gasteiger partial charge in [-0.15, -0.1) is 0 Å². The van der Waals surface area contributed by atoms with Crippen LogP contribution in [-0.4, -0.2) is 25.2 Å². The van der Waals surface area contributed by atoms with Gasteiger partial charge >= 0.3 is 0 Å². The molecule has 1 unspecified atom stereocenters. The number of amides is 1. The molecular formula is C13H18N2O3. The Balaban J connectivity index is 2.03. The number of ether oxygens (including phenoxy) is 2. The fraction of sp³-hybridized carbons (Fsp3) is 0.462. The Morgan fingerprint density at radius 3 is 2.83 bits per heavy atom. The summed E-state index contributed by atoms with van der Waals surface area (Å²) in [6.45, 7) is 3.08. The van der Waals surface area contributed by atoms with Crippen molar-refractivity contribution >= 4 is 11.6 Å². The Labute approximate surface area is 106 Å². The van der Waals surface area contributed by atoms with E-state index >= 15 is 0 Å². The van der Waals surface area contributed by atoms with Crippen LogP contribution in [0, 0.1) is 0 Å². The zero-order valence-corrected chi connectivity index (χ0v) is 10.4. The summed E-state index contributed by atoms with van der Waals surface area (Å²) in [5, 5.41) is 2.78. The molecule has 5 heteroatoms. The first-order valence-electron chi connectivity index (χ1n) is 6.17. The Morgan fingerprint density at radius 2 is 2.11 bits per heavy atom. The minimum Gasteiger partial charge on any atom is -0.486 e. The maximum atomic E-state index is 11.8. The number of hydrogen-bond donors (Lipinski definition) is 2. The maximum Gasteiger partial charge on any atom is 0.241 e. The number of nitrogens with one attached hydrogen (secondary N) is 1. The maximum absolute atomic E-state index is 11.8. The van der Waals surface area contributed by atoms with E-state index in [4.69, 9.17) is 15.2 Å². The molecule has 1 amide bonds. The molecule has 0 saturated heterocycles. The summed E-state index contributed by atoms with van der Waals surface area (Å²) >= 11 is 0. The molecule has 0 spiro atoms. The molecule has 0 aliphatic carbocycles. The minimum atomic E-state index is -0.469. The zero-order valence-electron chi connectivity index (χ0n) is 10.4. The van der Waals surface area contributed by atoms with Crippen LogP contribution >= 0.6 is 0 Å². The van der Waals surface area contributed by atoms with E-state index in [1.807, 2.05) is 6.92 Å². The molecule has 2 rings (SSSR count). The van der Waals surface area contributed by atoms with Gasteiger partial charge in [0, 0.05) is 11.8 Å². The van der Waals surface area contributed by atoms with Crippen molar-refractivity contribution in [1.29, 1.82) is 0 Å². The van der Waals surface area contributed by atoms with Crippen LogP contribution in [0.15, 0.2) is 18.2 Å². The molecule has 1 aromatic carbocycles. The van der Waals surface area contributed by atoms with E-state index in [9.17, 15) is 4.79 Å². The Bertz CT molecular complexity index is 434. The molecule has 0 aromatic heterocycles. The monoisotopic (exact) mass is 250 g/mol. The van der Waals surface area contributed by atoms with Gasteiger partial charge in [-0.2, -0.15) is 0 Å². The third-order valence-corrected chi connectivity index (χ3v) is 2.75. The third kappa shape index (κ3) is 2.92. The molecule has 1 aliphatic rings. The van der Waals surface area contributed by atoms with Crippen molar-refractivity contribution in [2.75, 3.05) is 18.5 Å². The van der Waals surface area contributed by atoms with Gasteiger partial charge in [0.05, 0.1) is 6.04 Å². The van der Waals surface area contributed by atoms with Crippen molar-refractivity contribution in [3.8, 4) is 11.5 Å². The van der Waals surface area contributed by atoms with Crippen LogP contribution < -0.4 is 20.5 Å². The van der Waals surface area contributed by atoms with Crippen LogP contribution in [-0.2, 0) is 4.79 Å². The average Bonchev–Trinajstić information content (AvgIpc) is 2.39. The summed E-state index contributed by atoms with van der Waals surface area (Å²) in [5.41, 5.74) is 6.42. The van der Waals surface area contributed by atoms with Crippen molar-refractivity contribution in [2.24, 2.45) is 5.73 Å². The number of carbonyl (C=O) groups excluding carboxylic acids is 1. The van der Waals surface area contributed by atoms with Gasteiger partial charge in [-0.3, -0.25) is 4.79 Å². The molecule has 0 bridgehead atoms. The first kappa shape index (κ1) is 12.7. The lowest BCUT2D eigenvalue weighted by atomic mass is 10.1. The van der Waals surface area contributed by atoms with Crippen LogP contribution in [0.25, 0.3) is 0 Å². The summed E-state index contributed by atoms with van der Waals surface area (Å²) in [5.74, 6) is 1.19. The molecule has 3 N–H and O–H groups in total. The molecule has 1 aliphatic heterocycles. The van der Waals surface area contributed by atoms with Crippen molar-refractivity contribution in [3.05, 3.63) is 18.2 Å². The van der Waals surface area contributed by atoms with Gasteiger partial charge in [-0.05, 0) is 18.6 Å². The highest BCUT2D eigenvalue weighted by Gasteiger charge is 2.15. The van der Waals surface area contributed by atoms with E-state index in [2.05, 4.69) is 5.32 Å². The molecule has 0 fully saturated rings. The van der Waals surface area contributed by atoms with Crippen molar-refractivity contribution in [2.45, 2.75) is 25.8 Å². The number of hydrogen-bond acceptors (Lipinski definition) is 4. The topological polar surface area (TPSA) is 73.6 Å². The predicted molar refractivity (Wildman–Crippen MR) is 68.9 cm³/mol. The van der Waals surface area contributed by atoms with Gasteiger partial charge in [-0.25, -0.2) is 0 Å². The largest absolute Gasteiger partial charge is 0.486 e. The smallest absolute Gasteiger partial charge is 0.241 e.